The number of aromatic amines is 1. The van der Waals surface area contributed by atoms with Gasteiger partial charge in [0.25, 0.3) is 0 Å². The number of piperazine rings is 1. The molecule has 0 saturated carbocycles. The molecule has 0 radical (unpaired) electrons. The second-order valence-corrected chi connectivity index (χ2v) is 10.3. The number of carbonyl (C=O) groups excluding carboxylic acids is 1. The molecule has 2 aromatic heterocycles. The molecule has 3 aliphatic heterocycles. The van der Waals surface area contributed by atoms with Crippen molar-refractivity contribution in [2.45, 2.75) is 51.7 Å². The highest BCUT2D eigenvalue weighted by atomic mass is 16.5. The summed E-state index contributed by atoms with van der Waals surface area (Å²) in [5.74, 6) is 2.20. The zero-order chi connectivity index (χ0) is 24.6. The van der Waals surface area contributed by atoms with Crippen LogP contribution >= 0.6 is 0 Å². The first-order chi connectivity index (χ1) is 16.9. The predicted molar refractivity (Wildman–Crippen MR) is 131 cm³/mol. The van der Waals surface area contributed by atoms with Crippen molar-refractivity contribution < 1.29 is 14.3 Å². The van der Waals surface area contributed by atoms with E-state index in [2.05, 4.69) is 51.2 Å². The summed E-state index contributed by atoms with van der Waals surface area (Å²) in [6.07, 6.45) is 3.90. The van der Waals surface area contributed by atoms with Gasteiger partial charge in [-0.3, -0.25) is 10.00 Å². The molecule has 5 rings (SSSR count). The van der Waals surface area contributed by atoms with E-state index in [0.29, 0.717) is 30.1 Å². The molecule has 2 fully saturated rings. The van der Waals surface area contributed by atoms with Gasteiger partial charge in [-0.2, -0.15) is 10.1 Å². The fraction of sp³-hybridized carbons (Fsp3) is 0.667. The first kappa shape index (κ1) is 23.8. The summed E-state index contributed by atoms with van der Waals surface area (Å²) in [5, 5.41) is 10.8. The second kappa shape index (κ2) is 9.62. The Labute approximate surface area is 206 Å². The third-order valence-electron chi connectivity index (χ3n) is 7.58. The molecule has 0 aliphatic carbocycles. The van der Waals surface area contributed by atoms with Gasteiger partial charge >= 0.3 is 6.03 Å². The number of amides is 2. The first-order valence-corrected chi connectivity index (χ1v) is 12.5. The molecule has 2 N–H and O–H groups in total. The van der Waals surface area contributed by atoms with Gasteiger partial charge in [0.2, 0.25) is 11.8 Å². The Morgan fingerprint density at radius 2 is 2.11 bits per heavy atom. The third kappa shape index (κ3) is 4.66. The van der Waals surface area contributed by atoms with Crippen molar-refractivity contribution in [3.63, 3.8) is 0 Å². The molecule has 0 aromatic carbocycles. The van der Waals surface area contributed by atoms with E-state index < -0.39 is 5.54 Å². The third-order valence-corrected chi connectivity index (χ3v) is 7.58. The molecule has 2 amide bonds. The zero-order valence-electron chi connectivity index (χ0n) is 21.1. The van der Waals surface area contributed by atoms with Gasteiger partial charge in [0.15, 0.2) is 5.82 Å². The molecular formula is C24H36N8O3. The van der Waals surface area contributed by atoms with Gasteiger partial charge < -0.3 is 24.6 Å². The van der Waals surface area contributed by atoms with E-state index in [9.17, 15) is 4.79 Å². The van der Waals surface area contributed by atoms with Crippen molar-refractivity contribution in [1.82, 2.24) is 34.9 Å². The van der Waals surface area contributed by atoms with Gasteiger partial charge in [-0.15, -0.1) is 0 Å². The van der Waals surface area contributed by atoms with Crippen LogP contribution < -0.4 is 10.1 Å². The number of ether oxygens (including phenoxy) is 2. The Kier molecular flexibility index (Phi) is 6.54. The maximum Gasteiger partial charge on any atom is 0.321 e. The lowest BCUT2D eigenvalue weighted by Crippen LogP contribution is -2.59. The summed E-state index contributed by atoms with van der Waals surface area (Å²) in [4.78, 5) is 28.8. The van der Waals surface area contributed by atoms with Gasteiger partial charge in [0.05, 0.1) is 24.9 Å². The Bertz CT molecular complexity index is 1050. The number of hydrogen-bond acceptors (Lipinski definition) is 8. The number of anilines is 2. The number of H-pyrrole nitrogens is 1. The minimum absolute atomic E-state index is 0.0707. The monoisotopic (exact) mass is 484 g/mol. The van der Waals surface area contributed by atoms with E-state index in [1.165, 1.54) is 0 Å². The fourth-order valence-corrected chi connectivity index (χ4v) is 5.48. The maximum absolute atomic E-state index is 13.8. The highest BCUT2D eigenvalue weighted by Crippen LogP contribution is 2.41. The average Bonchev–Trinajstić information content (AvgIpc) is 3.37. The highest BCUT2D eigenvalue weighted by Gasteiger charge is 2.46. The number of urea groups is 1. The van der Waals surface area contributed by atoms with Crippen molar-refractivity contribution in [1.29, 1.82) is 0 Å². The SMILES string of the molecule is COc1ccnc(Nc2n[nH]c3c2CN(C(=O)N2CCN(CC4CCOCC4)C[C@@H]2C)C3(C)C)n1. The van der Waals surface area contributed by atoms with E-state index in [4.69, 9.17) is 9.47 Å². The van der Waals surface area contributed by atoms with Crippen LogP contribution in [0.25, 0.3) is 0 Å². The summed E-state index contributed by atoms with van der Waals surface area (Å²) in [6.45, 7) is 12.2. The Morgan fingerprint density at radius 3 is 2.86 bits per heavy atom. The number of carbonyl (C=O) groups is 1. The van der Waals surface area contributed by atoms with Gasteiger partial charge in [-0.25, -0.2) is 9.78 Å². The summed E-state index contributed by atoms with van der Waals surface area (Å²) in [7, 11) is 1.57. The van der Waals surface area contributed by atoms with E-state index in [1.54, 1.807) is 19.4 Å². The zero-order valence-corrected chi connectivity index (χ0v) is 21.1. The molecule has 11 heteroatoms. The lowest BCUT2D eigenvalue weighted by atomic mass is 9.99. The van der Waals surface area contributed by atoms with Crippen molar-refractivity contribution in [2.75, 3.05) is 51.8 Å². The number of hydrogen-bond donors (Lipinski definition) is 2. The fourth-order valence-electron chi connectivity index (χ4n) is 5.48. The van der Waals surface area contributed by atoms with Crippen molar-refractivity contribution in [3.8, 4) is 5.88 Å². The van der Waals surface area contributed by atoms with Gasteiger partial charge in [-0.05, 0) is 39.5 Å². The summed E-state index contributed by atoms with van der Waals surface area (Å²) < 4.78 is 10.7. The summed E-state index contributed by atoms with van der Waals surface area (Å²) in [6, 6.07) is 1.92. The topological polar surface area (TPSA) is 112 Å². The molecule has 0 spiro atoms. The van der Waals surface area contributed by atoms with Crippen LogP contribution in [-0.4, -0.2) is 93.4 Å². The standard InChI is InChI=1S/C24H36N8O3/c1-16-13-30(14-17-6-11-35-12-7-17)9-10-31(16)23(33)32-15-18-20(24(32,2)3)28-29-21(18)27-22-25-8-5-19(26-22)34-4/h5,8,16-17H,6-7,9-15H2,1-4H3,(H2,25,26,27,28,29)/t16-/m0/s1. The molecule has 190 valence electrons. The van der Waals surface area contributed by atoms with Crippen LogP contribution in [0.3, 0.4) is 0 Å². The molecule has 1 atom stereocenters. The van der Waals surface area contributed by atoms with E-state index in [0.717, 1.165) is 63.5 Å². The highest BCUT2D eigenvalue weighted by molar-refractivity contribution is 5.78. The van der Waals surface area contributed by atoms with Crippen LogP contribution in [0.4, 0.5) is 16.6 Å². The maximum atomic E-state index is 13.8. The van der Waals surface area contributed by atoms with Crippen molar-refractivity contribution in [2.24, 2.45) is 5.92 Å². The van der Waals surface area contributed by atoms with Crippen LogP contribution in [0, 0.1) is 5.92 Å². The Balaban J connectivity index is 1.25. The molecule has 0 unspecified atom stereocenters. The smallest absolute Gasteiger partial charge is 0.321 e. The van der Waals surface area contributed by atoms with Crippen LogP contribution in [0.5, 0.6) is 5.88 Å². The molecular weight excluding hydrogens is 448 g/mol. The van der Waals surface area contributed by atoms with E-state index >= 15 is 0 Å². The summed E-state index contributed by atoms with van der Waals surface area (Å²) in [5.41, 5.74) is 1.38. The van der Waals surface area contributed by atoms with Crippen LogP contribution in [0.1, 0.15) is 44.9 Å². The lowest BCUT2D eigenvalue weighted by molar-refractivity contribution is 0.0290. The second-order valence-electron chi connectivity index (χ2n) is 10.3. The number of aromatic nitrogens is 4. The quantitative estimate of drug-likeness (QED) is 0.666. The van der Waals surface area contributed by atoms with Gasteiger partial charge in [-0.1, -0.05) is 0 Å². The minimum Gasteiger partial charge on any atom is -0.481 e. The van der Waals surface area contributed by atoms with Crippen molar-refractivity contribution >= 4 is 17.8 Å². The van der Waals surface area contributed by atoms with Gasteiger partial charge in [0, 0.05) is 63.3 Å². The Morgan fingerprint density at radius 1 is 1.31 bits per heavy atom. The van der Waals surface area contributed by atoms with Gasteiger partial charge in [0.1, 0.15) is 0 Å². The average molecular weight is 485 g/mol. The van der Waals surface area contributed by atoms with Crippen LogP contribution in [-0.2, 0) is 16.8 Å². The number of rotatable bonds is 5. The Hall–Kier alpha value is -2.92. The number of nitrogens with one attached hydrogen (secondary N) is 2. The molecule has 5 heterocycles. The molecule has 2 aromatic rings. The number of nitrogens with zero attached hydrogens (tertiary/aromatic N) is 6. The van der Waals surface area contributed by atoms with Crippen molar-refractivity contribution in [3.05, 3.63) is 23.5 Å². The molecule has 3 aliphatic rings. The van der Waals surface area contributed by atoms with E-state index in [-0.39, 0.29) is 12.1 Å². The van der Waals surface area contributed by atoms with E-state index in [1.807, 2.05) is 9.80 Å². The largest absolute Gasteiger partial charge is 0.481 e. The normalized spacial score (nSPS) is 22.8. The van der Waals surface area contributed by atoms with Crippen LogP contribution in [0.15, 0.2) is 12.3 Å². The van der Waals surface area contributed by atoms with Crippen LogP contribution in [0.2, 0.25) is 0 Å². The molecule has 2 saturated heterocycles. The molecule has 35 heavy (non-hydrogen) atoms. The lowest BCUT2D eigenvalue weighted by Gasteiger charge is -2.44. The molecule has 11 nitrogen and oxygen atoms in total. The minimum atomic E-state index is -0.506. The summed E-state index contributed by atoms with van der Waals surface area (Å²) >= 11 is 0. The first-order valence-electron chi connectivity index (χ1n) is 12.5. The predicted octanol–water partition coefficient (Wildman–Crippen LogP) is 2.56. The number of fused-ring (bicyclic) bond motifs is 1. The number of methoxy groups -OCH3 is 1. The molecule has 0 bridgehead atoms.